The molecule has 0 aromatic carbocycles. The number of hydrogen-bond donors (Lipinski definition) is 3. The molecule has 0 aromatic rings. The second-order valence-electron chi connectivity index (χ2n) is 3.72. The van der Waals surface area contributed by atoms with Crippen LogP contribution >= 0.6 is 0 Å². The Kier molecular flexibility index (Phi) is 8.29. The summed E-state index contributed by atoms with van der Waals surface area (Å²) in [5, 5.41) is 12.3. The highest BCUT2D eigenvalue weighted by atomic mass is 19.4. The fraction of sp³-hybridized carbons (Fsp3) is 0.700. The number of ether oxygens (including phenoxy) is 1. The number of halogens is 3. The minimum Gasteiger partial charge on any atom is -0.481 e. The smallest absolute Gasteiger partial charge is 0.411 e. The summed E-state index contributed by atoms with van der Waals surface area (Å²) in [6.07, 6.45) is -4.67. The minimum atomic E-state index is -4.43. The lowest BCUT2D eigenvalue weighted by Crippen LogP contribution is -2.40. The van der Waals surface area contributed by atoms with Crippen LogP contribution in [0.3, 0.4) is 0 Å². The van der Waals surface area contributed by atoms with Gasteiger partial charge in [-0.15, -0.1) is 0 Å². The second kappa shape index (κ2) is 9.13. The van der Waals surface area contributed by atoms with Crippen molar-refractivity contribution in [1.82, 2.24) is 10.6 Å². The lowest BCUT2D eigenvalue weighted by Gasteiger charge is -2.08. The number of alkyl halides is 3. The molecule has 0 aromatic heterocycles. The first-order chi connectivity index (χ1) is 9.20. The molecule has 0 saturated carbocycles. The summed E-state index contributed by atoms with van der Waals surface area (Å²) in [6, 6.07) is -0.874. The molecule has 0 spiro atoms. The number of amides is 3. The average Bonchev–Trinajstić information content (AvgIpc) is 2.26. The highest BCUT2D eigenvalue weighted by Gasteiger charge is 2.27. The van der Waals surface area contributed by atoms with Gasteiger partial charge in [0.2, 0.25) is 5.91 Å². The SMILES string of the molecule is O=C(O)CCCC(=O)NC(=O)NCCOCC(F)(F)F. The summed E-state index contributed by atoms with van der Waals surface area (Å²) in [7, 11) is 0. The number of carbonyl (C=O) groups excluding carboxylic acids is 2. The first kappa shape index (κ1) is 18.2. The van der Waals surface area contributed by atoms with Crippen molar-refractivity contribution >= 4 is 17.9 Å². The zero-order chi connectivity index (χ0) is 15.6. The summed E-state index contributed by atoms with van der Waals surface area (Å²) < 4.78 is 39.3. The van der Waals surface area contributed by atoms with Crippen LogP contribution in [0.1, 0.15) is 19.3 Å². The van der Waals surface area contributed by atoms with Gasteiger partial charge >= 0.3 is 18.2 Å². The van der Waals surface area contributed by atoms with Crippen molar-refractivity contribution in [3.05, 3.63) is 0 Å². The third kappa shape index (κ3) is 12.6. The van der Waals surface area contributed by atoms with Crippen LogP contribution in [0.25, 0.3) is 0 Å². The Balaban J connectivity index is 3.58. The van der Waals surface area contributed by atoms with Gasteiger partial charge in [-0.05, 0) is 6.42 Å². The largest absolute Gasteiger partial charge is 0.481 e. The van der Waals surface area contributed by atoms with Crippen molar-refractivity contribution in [1.29, 1.82) is 0 Å². The van der Waals surface area contributed by atoms with E-state index in [1.54, 1.807) is 0 Å². The van der Waals surface area contributed by atoms with Gasteiger partial charge in [-0.1, -0.05) is 0 Å². The second-order valence-corrected chi connectivity index (χ2v) is 3.72. The number of carboxylic acid groups (broad SMARTS) is 1. The van der Waals surface area contributed by atoms with Gasteiger partial charge in [-0.25, -0.2) is 4.79 Å². The van der Waals surface area contributed by atoms with E-state index in [1.807, 2.05) is 5.32 Å². The normalized spacial score (nSPS) is 10.9. The Labute approximate surface area is 112 Å². The maximum absolute atomic E-state index is 11.7. The van der Waals surface area contributed by atoms with E-state index in [2.05, 4.69) is 10.1 Å². The lowest BCUT2D eigenvalue weighted by molar-refractivity contribution is -0.173. The molecular formula is C10H15F3N2O5. The molecular weight excluding hydrogens is 285 g/mol. The summed E-state index contributed by atoms with van der Waals surface area (Å²) in [6.45, 7) is -1.95. The van der Waals surface area contributed by atoms with E-state index in [9.17, 15) is 27.6 Å². The van der Waals surface area contributed by atoms with Crippen LogP contribution in [0.2, 0.25) is 0 Å². The van der Waals surface area contributed by atoms with Crippen LogP contribution in [0.4, 0.5) is 18.0 Å². The number of nitrogens with one attached hydrogen (secondary N) is 2. The molecule has 0 radical (unpaired) electrons. The number of urea groups is 1. The van der Waals surface area contributed by atoms with Crippen molar-refractivity contribution in [3.63, 3.8) is 0 Å². The monoisotopic (exact) mass is 300 g/mol. The predicted molar refractivity (Wildman–Crippen MR) is 59.9 cm³/mol. The third-order valence-corrected chi connectivity index (χ3v) is 1.85. The van der Waals surface area contributed by atoms with Crippen molar-refractivity contribution in [2.45, 2.75) is 25.4 Å². The molecule has 20 heavy (non-hydrogen) atoms. The van der Waals surface area contributed by atoms with Crippen LogP contribution in [0, 0.1) is 0 Å². The maximum Gasteiger partial charge on any atom is 0.411 e. The van der Waals surface area contributed by atoms with E-state index in [0.29, 0.717) is 0 Å². The Morgan fingerprint density at radius 1 is 1.15 bits per heavy atom. The van der Waals surface area contributed by atoms with Crippen LogP contribution in [0.5, 0.6) is 0 Å². The molecule has 0 atom stereocenters. The molecule has 0 unspecified atom stereocenters. The van der Waals surface area contributed by atoms with Gasteiger partial charge in [0, 0.05) is 19.4 Å². The van der Waals surface area contributed by atoms with Crippen LogP contribution < -0.4 is 10.6 Å². The van der Waals surface area contributed by atoms with E-state index in [1.165, 1.54) is 0 Å². The molecule has 0 aliphatic heterocycles. The third-order valence-electron chi connectivity index (χ3n) is 1.85. The predicted octanol–water partition coefficient (Wildman–Crippen LogP) is 0.646. The van der Waals surface area contributed by atoms with Crippen LogP contribution in [-0.4, -0.2) is 48.9 Å². The van der Waals surface area contributed by atoms with Gasteiger partial charge < -0.3 is 15.2 Å². The van der Waals surface area contributed by atoms with Gasteiger partial charge in [-0.2, -0.15) is 13.2 Å². The van der Waals surface area contributed by atoms with Crippen molar-refractivity contribution in [2.75, 3.05) is 19.8 Å². The Morgan fingerprint density at radius 2 is 1.80 bits per heavy atom. The minimum absolute atomic E-state index is 0.0864. The standard InChI is InChI=1S/C10H15F3N2O5/c11-10(12,13)6-20-5-4-14-9(19)15-7(16)2-1-3-8(17)18/h1-6H2,(H,17,18)(H2,14,15,16,19). The first-order valence-electron chi connectivity index (χ1n) is 5.64. The summed E-state index contributed by atoms with van der Waals surface area (Å²) >= 11 is 0. The highest BCUT2D eigenvalue weighted by molar-refractivity contribution is 5.94. The van der Waals surface area contributed by atoms with Crippen molar-refractivity contribution in [2.24, 2.45) is 0 Å². The molecule has 0 heterocycles. The Hall–Kier alpha value is -1.84. The van der Waals surface area contributed by atoms with Gasteiger partial charge in [-0.3, -0.25) is 14.9 Å². The zero-order valence-corrected chi connectivity index (χ0v) is 10.5. The fourth-order valence-electron chi connectivity index (χ4n) is 1.06. The molecule has 0 fully saturated rings. The number of aliphatic carboxylic acids is 1. The number of rotatable bonds is 8. The van der Waals surface area contributed by atoms with E-state index < -0.39 is 30.7 Å². The molecule has 10 heteroatoms. The fourth-order valence-corrected chi connectivity index (χ4v) is 1.06. The van der Waals surface area contributed by atoms with Gasteiger partial charge in [0.05, 0.1) is 6.61 Å². The van der Waals surface area contributed by atoms with Gasteiger partial charge in [0.15, 0.2) is 0 Å². The molecule has 116 valence electrons. The molecule has 0 rings (SSSR count). The summed E-state index contributed by atoms with van der Waals surface area (Å²) in [5.74, 6) is -1.72. The zero-order valence-electron chi connectivity index (χ0n) is 10.5. The van der Waals surface area contributed by atoms with E-state index in [0.717, 1.165) is 0 Å². The number of hydrogen-bond acceptors (Lipinski definition) is 4. The van der Waals surface area contributed by atoms with E-state index >= 15 is 0 Å². The van der Waals surface area contributed by atoms with Crippen LogP contribution in [0.15, 0.2) is 0 Å². The average molecular weight is 300 g/mol. The molecule has 0 aliphatic rings. The molecule has 3 N–H and O–H groups in total. The van der Waals surface area contributed by atoms with E-state index in [4.69, 9.17) is 5.11 Å². The van der Waals surface area contributed by atoms with Gasteiger partial charge in [0.1, 0.15) is 6.61 Å². The topological polar surface area (TPSA) is 105 Å². The molecule has 0 bridgehead atoms. The van der Waals surface area contributed by atoms with Gasteiger partial charge in [0.25, 0.3) is 0 Å². The quantitative estimate of drug-likeness (QED) is 0.571. The number of imide groups is 1. The number of carbonyl (C=O) groups is 3. The Bertz CT molecular complexity index is 346. The van der Waals surface area contributed by atoms with Crippen LogP contribution in [-0.2, 0) is 14.3 Å². The maximum atomic E-state index is 11.7. The summed E-state index contributed by atoms with van der Waals surface area (Å²) in [5.41, 5.74) is 0. The van der Waals surface area contributed by atoms with Crippen molar-refractivity contribution < 1.29 is 37.4 Å². The van der Waals surface area contributed by atoms with Crippen molar-refractivity contribution in [3.8, 4) is 0 Å². The number of carboxylic acids is 1. The Morgan fingerprint density at radius 3 is 2.35 bits per heavy atom. The van der Waals surface area contributed by atoms with E-state index in [-0.39, 0.29) is 32.4 Å². The molecule has 7 nitrogen and oxygen atoms in total. The molecule has 0 aliphatic carbocycles. The molecule has 3 amide bonds. The summed E-state index contributed by atoms with van der Waals surface area (Å²) in [4.78, 5) is 32.4. The molecule has 0 saturated heterocycles. The highest BCUT2D eigenvalue weighted by Crippen LogP contribution is 2.13. The lowest BCUT2D eigenvalue weighted by atomic mass is 10.2. The first-order valence-corrected chi connectivity index (χ1v) is 5.64.